The van der Waals surface area contributed by atoms with Crippen LogP contribution in [0, 0.1) is 6.92 Å². The Balaban J connectivity index is 2.03. The van der Waals surface area contributed by atoms with Gasteiger partial charge in [-0.05, 0) is 37.7 Å². The second-order valence-electron chi connectivity index (χ2n) is 5.74. The van der Waals surface area contributed by atoms with Crippen LogP contribution in [-0.4, -0.2) is 40.9 Å². The molecule has 2 N–H and O–H groups in total. The average Bonchev–Trinajstić information content (AvgIpc) is 2.84. The smallest absolute Gasteiger partial charge is 0.187 e. The molecule has 26 heavy (non-hydrogen) atoms. The predicted molar refractivity (Wildman–Crippen MR) is 110 cm³/mol. The molecule has 1 atom stereocenters. The number of hydrogen-bond acceptors (Lipinski definition) is 4. The van der Waals surface area contributed by atoms with Crippen molar-refractivity contribution >= 4 is 46.7 Å². The Morgan fingerprint density at radius 3 is 2.85 bits per heavy atom. The summed E-state index contributed by atoms with van der Waals surface area (Å²) in [6, 6.07) is 7.67. The number of methoxy groups -OCH3 is 1. The van der Waals surface area contributed by atoms with Crippen LogP contribution in [-0.2, 0) is 11.3 Å². The standard InChI is InChI=1S/C17H21Cl2N5OS/c1-11(10-25-3)21-17(26)22-20-8-14-12(2)23-24(16(14)19)9-13-6-4-5-7-15(13)18/h4-8,11H,9-10H2,1-3H3,(H2,21,22,26)/b20-8-/t11-/m1/s1. The molecule has 0 fully saturated rings. The number of halogens is 2. The lowest BCUT2D eigenvalue weighted by Gasteiger charge is -2.13. The molecule has 0 saturated heterocycles. The van der Waals surface area contributed by atoms with Crippen molar-refractivity contribution in [3.05, 3.63) is 51.3 Å². The first-order valence-electron chi connectivity index (χ1n) is 7.97. The molecule has 0 amide bonds. The summed E-state index contributed by atoms with van der Waals surface area (Å²) < 4.78 is 6.73. The van der Waals surface area contributed by atoms with Crippen LogP contribution in [0.1, 0.15) is 23.7 Å². The van der Waals surface area contributed by atoms with Gasteiger partial charge in [-0.3, -0.25) is 5.43 Å². The highest BCUT2D eigenvalue weighted by Gasteiger charge is 2.13. The third kappa shape index (κ3) is 5.67. The maximum absolute atomic E-state index is 6.45. The number of aryl methyl sites for hydroxylation is 1. The first-order chi connectivity index (χ1) is 12.4. The van der Waals surface area contributed by atoms with E-state index in [1.807, 2.05) is 38.1 Å². The third-order valence-corrected chi connectivity index (χ3v) is 4.52. The van der Waals surface area contributed by atoms with Gasteiger partial charge < -0.3 is 10.1 Å². The minimum Gasteiger partial charge on any atom is -0.383 e. The zero-order chi connectivity index (χ0) is 19.1. The number of aromatic nitrogens is 2. The molecule has 1 heterocycles. The Kier molecular flexibility index (Phi) is 7.84. The van der Waals surface area contributed by atoms with Crippen LogP contribution in [0.3, 0.4) is 0 Å². The van der Waals surface area contributed by atoms with Gasteiger partial charge in [0, 0.05) is 18.2 Å². The molecule has 0 aliphatic heterocycles. The summed E-state index contributed by atoms with van der Waals surface area (Å²) in [4.78, 5) is 0. The summed E-state index contributed by atoms with van der Waals surface area (Å²) in [6.07, 6.45) is 1.60. The second kappa shape index (κ2) is 9.87. The Labute approximate surface area is 168 Å². The minimum atomic E-state index is 0.0823. The molecule has 2 aromatic rings. The third-order valence-electron chi connectivity index (χ3n) is 3.54. The number of nitrogens with one attached hydrogen (secondary N) is 2. The molecule has 0 radical (unpaired) electrons. The van der Waals surface area contributed by atoms with Crippen LogP contribution >= 0.6 is 35.4 Å². The molecule has 0 spiro atoms. The summed E-state index contributed by atoms with van der Waals surface area (Å²) in [7, 11) is 1.64. The number of nitrogens with zero attached hydrogens (tertiary/aromatic N) is 3. The summed E-state index contributed by atoms with van der Waals surface area (Å²) in [5.74, 6) is 0. The van der Waals surface area contributed by atoms with Gasteiger partial charge in [0.2, 0.25) is 0 Å². The highest BCUT2D eigenvalue weighted by molar-refractivity contribution is 7.80. The number of rotatable bonds is 7. The van der Waals surface area contributed by atoms with E-state index in [1.165, 1.54) is 0 Å². The summed E-state index contributed by atoms with van der Waals surface area (Å²) in [6.45, 7) is 4.86. The summed E-state index contributed by atoms with van der Waals surface area (Å²) >= 11 is 17.8. The van der Waals surface area contributed by atoms with Crippen molar-refractivity contribution < 1.29 is 4.74 Å². The monoisotopic (exact) mass is 413 g/mol. The topological polar surface area (TPSA) is 63.5 Å². The van der Waals surface area contributed by atoms with Gasteiger partial charge in [-0.25, -0.2) is 4.68 Å². The van der Waals surface area contributed by atoms with E-state index in [4.69, 9.17) is 40.2 Å². The van der Waals surface area contributed by atoms with Gasteiger partial charge in [-0.2, -0.15) is 10.2 Å². The lowest BCUT2D eigenvalue weighted by atomic mass is 10.2. The van der Waals surface area contributed by atoms with Crippen molar-refractivity contribution in [3.63, 3.8) is 0 Å². The first-order valence-corrected chi connectivity index (χ1v) is 9.13. The van der Waals surface area contributed by atoms with E-state index in [-0.39, 0.29) is 6.04 Å². The molecular formula is C17H21Cl2N5OS. The van der Waals surface area contributed by atoms with E-state index in [1.54, 1.807) is 18.0 Å². The van der Waals surface area contributed by atoms with Gasteiger partial charge >= 0.3 is 0 Å². The quantitative estimate of drug-likeness (QED) is 0.413. The molecule has 140 valence electrons. The predicted octanol–water partition coefficient (Wildman–Crippen LogP) is 3.38. The van der Waals surface area contributed by atoms with Crippen LogP contribution in [0.25, 0.3) is 0 Å². The minimum absolute atomic E-state index is 0.0823. The van der Waals surface area contributed by atoms with Crippen LogP contribution in [0.4, 0.5) is 0 Å². The lowest BCUT2D eigenvalue weighted by molar-refractivity contribution is 0.179. The van der Waals surface area contributed by atoms with E-state index in [9.17, 15) is 0 Å². The molecular weight excluding hydrogens is 393 g/mol. The molecule has 9 heteroatoms. The summed E-state index contributed by atoms with van der Waals surface area (Å²) in [5.41, 5.74) is 5.19. The Bertz CT molecular complexity index is 793. The fourth-order valence-corrected chi connectivity index (χ4v) is 3.04. The number of hydrazone groups is 1. The zero-order valence-corrected chi connectivity index (χ0v) is 17.1. The fourth-order valence-electron chi connectivity index (χ4n) is 2.31. The Morgan fingerprint density at radius 1 is 1.42 bits per heavy atom. The fraction of sp³-hybridized carbons (Fsp3) is 0.353. The number of hydrogen-bond donors (Lipinski definition) is 2. The Hall–Kier alpha value is -1.67. The van der Waals surface area contributed by atoms with Crippen molar-refractivity contribution in [3.8, 4) is 0 Å². The normalized spacial score (nSPS) is 12.3. The molecule has 0 aliphatic rings. The second-order valence-corrected chi connectivity index (χ2v) is 6.91. The molecule has 1 aromatic carbocycles. The Morgan fingerprint density at radius 2 is 2.15 bits per heavy atom. The van der Waals surface area contributed by atoms with Crippen LogP contribution < -0.4 is 10.7 Å². The number of ether oxygens (including phenoxy) is 1. The molecule has 0 bridgehead atoms. The first kappa shape index (κ1) is 20.6. The molecule has 6 nitrogen and oxygen atoms in total. The number of benzene rings is 1. The molecule has 0 saturated carbocycles. The zero-order valence-electron chi connectivity index (χ0n) is 14.8. The highest BCUT2D eigenvalue weighted by atomic mass is 35.5. The highest BCUT2D eigenvalue weighted by Crippen LogP contribution is 2.22. The maximum atomic E-state index is 6.45. The maximum Gasteiger partial charge on any atom is 0.187 e. The molecule has 2 rings (SSSR count). The van der Waals surface area contributed by atoms with E-state index in [2.05, 4.69) is 20.9 Å². The van der Waals surface area contributed by atoms with Crippen LogP contribution in [0.15, 0.2) is 29.4 Å². The van der Waals surface area contributed by atoms with Gasteiger partial charge in [0.15, 0.2) is 5.11 Å². The average molecular weight is 414 g/mol. The van der Waals surface area contributed by atoms with Crippen molar-refractivity contribution in [1.29, 1.82) is 0 Å². The SMILES string of the molecule is COC[C@@H](C)NC(=S)N/N=C\c1c(C)nn(Cc2ccccc2Cl)c1Cl. The van der Waals surface area contributed by atoms with Gasteiger partial charge in [0.05, 0.1) is 30.6 Å². The van der Waals surface area contributed by atoms with E-state index in [0.29, 0.717) is 28.4 Å². The van der Waals surface area contributed by atoms with Gasteiger partial charge in [0.25, 0.3) is 0 Å². The van der Waals surface area contributed by atoms with Crippen LogP contribution in [0.5, 0.6) is 0 Å². The lowest BCUT2D eigenvalue weighted by Crippen LogP contribution is -2.40. The van der Waals surface area contributed by atoms with Crippen molar-refractivity contribution in [1.82, 2.24) is 20.5 Å². The van der Waals surface area contributed by atoms with Gasteiger partial charge in [-0.1, -0.05) is 41.4 Å². The van der Waals surface area contributed by atoms with Crippen molar-refractivity contribution in [2.24, 2.45) is 5.10 Å². The molecule has 1 aromatic heterocycles. The molecule has 0 aliphatic carbocycles. The van der Waals surface area contributed by atoms with Crippen molar-refractivity contribution in [2.75, 3.05) is 13.7 Å². The largest absolute Gasteiger partial charge is 0.383 e. The van der Waals surface area contributed by atoms with Crippen LogP contribution in [0.2, 0.25) is 10.2 Å². The van der Waals surface area contributed by atoms with Crippen molar-refractivity contribution in [2.45, 2.75) is 26.4 Å². The van der Waals surface area contributed by atoms with E-state index < -0.39 is 0 Å². The van der Waals surface area contributed by atoms with Gasteiger partial charge in [0.1, 0.15) is 5.15 Å². The summed E-state index contributed by atoms with van der Waals surface area (Å²) in [5, 5.41) is 13.2. The van der Waals surface area contributed by atoms with E-state index in [0.717, 1.165) is 16.8 Å². The molecule has 0 unspecified atom stereocenters. The number of thiocarbonyl (C=S) groups is 1. The van der Waals surface area contributed by atoms with Gasteiger partial charge in [-0.15, -0.1) is 0 Å². The van der Waals surface area contributed by atoms with E-state index >= 15 is 0 Å².